The Hall–Kier alpha value is -1.87. The van der Waals surface area contributed by atoms with Crippen LogP contribution in [0.15, 0.2) is 36.4 Å². The maximum absolute atomic E-state index is 5.39. The molecule has 2 N–H and O–H groups in total. The lowest BCUT2D eigenvalue weighted by molar-refractivity contribution is 1.34. The molecule has 0 saturated heterocycles. The first-order valence-corrected chi connectivity index (χ1v) is 7.09. The van der Waals surface area contributed by atoms with Gasteiger partial charge in [-0.05, 0) is 68.7 Å². The second kappa shape index (κ2) is 6.06. The summed E-state index contributed by atoms with van der Waals surface area (Å²) in [6.07, 6.45) is 0. The van der Waals surface area contributed by atoms with Crippen molar-refractivity contribution in [2.24, 2.45) is 0 Å². The summed E-state index contributed by atoms with van der Waals surface area (Å²) >= 11 is 5.39. The van der Waals surface area contributed by atoms with E-state index in [1.807, 2.05) is 12.1 Å². The summed E-state index contributed by atoms with van der Waals surface area (Å²) in [6, 6.07) is 12.4. The SMILES string of the molecule is Cc1ccc(NC(=S)Nc2cccc(C)c2C)c(C)c1. The van der Waals surface area contributed by atoms with Crippen LogP contribution in [0.2, 0.25) is 0 Å². The van der Waals surface area contributed by atoms with Gasteiger partial charge in [0, 0.05) is 11.4 Å². The minimum Gasteiger partial charge on any atom is -0.332 e. The lowest BCUT2D eigenvalue weighted by Gasteiger charge is -2.15. The first-order chi connectivity index (χ1) is 9.47. The lowest BCUT2D eigenvalue weighted by Crippen LogP contribution is -2.20. The Labute approximate surface area is 126 Å². The van der Waals surface area contributed by atoms with Gasteiger partial charge >= 0.3 is 0 Å². The fraction of sp³-hybridized carbons (Fsp3) is 0.235. The second-order valence-corrected chi connectivity index (χ2v) is 5.55. The molecule has 0 amide bonds. The van der Waals surface area contributed by atoms with Gasteiger partial charge in [-0.25, -0.2) is 0 Å². The number of rotatable bonds is 2. The Morgan fingerprint density at radius 2 is 1.55 bits per heavy atom. The van der Waals surface area contributed by atoms with Crippen molar-refractivity contribution in [3.05, 3.63) is 58.7 Å². The van der Waals surface area contributed by atoms with Gasteiger partial charge in [0.05, 0.1) is 0 Å². The zero-order valence-electron chi connectivity index (χ0n) is 12.4. The third kappa shape index (κ3) is 3.36. The number of nitrogens with one attached hydrogen (secondary N) is 2. The van der Waals surface area contributed by atoms with Gasteiger partial charge in [0.2, 0.25) is 0 Å². The highest BCUT2D eigenvalue weighted by molar-refractivity contribution is 7.80. The monoisotopic (exact) mass is 284 g/mol. The third-order valence-corrected chi connectivity index (χ3v) is 3.69. The molecule has 2 rings (SSSR count). The summed E-state index contributed by atoms with van der Waals surface area (Å²) in [7, 11) is 0. The number of hydrogen-bond acceptors (Lipinski definition) is 1. The van der Waals surface area contributed by atoms with Crippen LogP contribution < -0.4 is 10.6 Å². The van der Waals surface area contributed by atoms with Crippen molar-refractivity contribution >= 4 is 28.7 Å². The molecule has 0 aliphatic heterocycles. The summed E-state index contributed by atoms with van der Waals surface area (Å²) < 4.78 is 0. The van der Waals surface area contributed by atoms with E-state index >= 15 is 0 Å². The third-order valence-electron chi connectivity index (χ3n) is 3.48. The number of hydrogen-bond donors (Lipinski definition) is 2. The van der Waals surface area contributed by atoms with Crippen LogP contribution in [0.3, 0.4) is 0 Å². The number of benzene rings is 2. The molecule has 2 aromatic rings. The Morgan fingerprint density at radius 3 is 2.25 bits per heavy atom. The molecule has 0 radical (unpaired) electrons. The van der Waals surface area contributed by atoms with Gasteiger partial charge in [0.25, 0.3) is 0 Å². The predicted octanol–water partition coefficient (Wildman–Crippen LogP) is 4.73. The molecule has 0 atom stereocenters. The van der Waals surface area contributed by atoms with E-state index in [1.54, 1.807) is 0 Å². The molecule has 0 heterocycles. The van der Waals surface area contributed by atoms with Gasteiger partial charge in [0.15, 0.2) is 5.11 Å². The van der Waals surface area contributed by atoms with Crippen molar-refractivity contribution in [1.82, 2.24) is 0 Å². The average molecular weight is 284 g/mol. The molecule has 0 aliphatic rings. The zero-order valence-corrected chi connectivity index (χ0v) is 13.2. The van der Waals surface area contributed by atoms with Crippen LogP contribution in [0.5, 0.6) is 0 Å². The topological polar surface area (TPSA) is 24.1 Å². The van der Waals surface area contributed by atoms with Gasteiger partial charge in [-0.3, -0.25) is 0 Å². The van der Waals surface area contributed by atoms with Crippen molar-refractivity contribution in [1.29, 1.82) is 0 Å². The van der Waals surface area contributed by atoms with Crippen LogP contribution in [0.4, 0.5) is 11.4 Å². The molecule has 0 unspecified atom stereocenters. The highest BCUT2D eigenvalue weighted by Crippen LogP contribution is 2.20. The maximum Gasteiger partial charge on any atom is 0.175 e. The van der Waals surface area contributed by atoms with Crippen LogP contribution in [0.1, 0.15) is 22.3 Å². The average Bonchev–Trinajstić information content (AvgIpc) is 2.38. The van der Waals surface area contributed by atoms with Crippen LogP contribution in [0, 0.1) is 27.7 Å². The smallest absolute Gasteiger partial charge is 0.175 e. The first-order valence-electron chi connectivity index (χ1n) is 6.69. The molecular formula is C17H20N2S. The van der Waals surface area contributed by atoms with E-state index < -0.39 is 0 Å². The molecule has 20 heavy (non-hydrogen) atoms. The molecule has 2 nitrogen and oxygen atoms in total. The van der Waals surface area contributed by atoms with Gasteiger partial charge in [0.1, 0.15) is 0 Å². The van der Waals surface area contributed by atoms with E-state index in [9.17, 15) is 0 Å². The molecule has 0 aliphatic carbocycles. The lowest BCUT2D eigenvalue weighted by atomic mass is 10.1. The van der Waals surface area contributed by atoms with E-state index in [2.05, 4.69) is 62.6 Å². The van der Waals surface area contributed by atoms with E-state index in [0.29, 0.717) is 5.11 Å². The van der Waals surface area contributed by atoms with E-state index in [-0.39, 0.29) is 0 Å². The standard InChI is InChI=1S/C17H20N2S/c1-11-8-9-15(13(3)10-11)18-17(20)19-16-7-5-6-12(2)14(16)4/h5-10H,1-4H3,(H2,18,19,20). The Bertz CT molecular complexity index is 647. The van der Waals surface area contributed by atoms with Crippen molar-refractivity contribution in [2.45, 2.75) is 27.7 Å². The zero-order chi connectivity index (χ0) is 14.7. The first kappa shape index (κ1) is 14.5. The number of aryl methyl sites for hydroxylation is 3. The highest BCUT2D eigenvalue weighted by Gasteiger charge is 2.05. The molecule has 3 heteroatoms. The summed E-state index contributed by atoms with van der Waals surface area (Å²) in [6.45, 7) is 8.36. The van der Waals surface area contributed by atoms with Gasteiger partial charge in [-0.2, -0.15) is 0 Å². The normalized spacial score (nSPS) is 10.2. The van der Waals surface area contributed by atoms with Crippen LogP contribution in [-0.4, -0.2) is 5.11 Å². The number of anilines is 2. The van der Waals surface area contributed by atoms with Crippen molar-refractivity contribution in [3.63, 3.8) is 0 Å². The molecule has 0 spiro atoms. The number of thiocarbonyl (C=S) groups is 1. The Morgan fingerprint density at radius 1 is 0.850 bits per heavy atom. The van der Waals surface area contributed by atoms with E-state index in [4.69, 9.17) is 12.2 Å². The quantitative estimate of drug-likeness (QED) is 0.780. The van der Waals surface area contributed by atoms with E-state index in [0.717, 1.165) is 11.4 Å². The molecule has 0 aromatic heterocycles. The van der Waals surface area contributed by atoms with Crippen molar-refractivity contribution in [3.8, 4) is 0 Å². The molecule has 104 valence electrons. The molecular weight excluding hydrogens is 264 g/mol. The van der Waals surface area contributed by atoms with Gasteiger partial charge < -0.3 is 10.6 Å². The molecule has 0 saturated carbocycles. The minimum atomic E-state index is 0.616. The molecule has 0 fully saturated rings. The van der Waals surface area contributed by atoms with Crippen LogP contribution in [0.25, 0.3) is 0 Å². The fourth-order valence-electron chi connectivity index (χ4n) is 2.12. The van der Waals surface area contributed by atoms with Crippen molar-refractivity contribution < 1.29 is 0 Å². The highest BCUT2D eigenvalue weighted by atomic mass is 32.1. The van der Waals surface area contributed by atoms with Gasteiger partial charge in [-0.15, -0.1) is 0 Å². The predicted molar refractivity (Wildman–Crippen MR) is 91.7 cm³/mol. The van der Waals surface area contributed by atoms with Crippen molar-refractivity contribution in [2.75, 3.05) is 10.6 Å². The fourth-order valence-corrected chi connectivity index (χ4v) is 2.34. The summed E-state index contributed by atoms with van der Waals surface area (Å²) in [5, 5.41) is 7.13. The summed E-state index contributed by atoms with van der Waals surface area (Å²) in [4.78, 5) is 0. The van der Waals surface area contributed by atoms with E-state index in [1.165, 1.54) is 22.3 Å². The minimum absolute atomic E-state index is 0.616. The Kier molecular flexibility index (Phi) is 4.40. The van der Waals surface area contributed by atoms with Crippen LogP contribution in [-0.2, 0) is 0 Å². The molecule has 2 aromatic carbocycles. The summed E-state index contributed by atoms with van der Waals surface area (Å²) in [5.41, 5.74) is 7.00. The van der Waals surface area contributed by atoms with Crippen LogP contribution >= 0.6 is 12.2 Å². The second-order valence-electron chi connectivity index (χ2n) is 5.14. The van der Waals surface area contributed by atoms with Gasteiger partial charge in [-0.1, -0.05) is 29.8 Å². The Balaban J connectivity index is 2.11. The molecule has 0 bridgehead atoms. The summed E-state index contributed by atoms with van der Waals surface area (Å²) in [5.74, 6) is 0. The largest absolute Gasteiger partial charge is 0.332 e. The maximum atomic E-state index is 5.39.